The fraction of sp³-hybridized carbons (Fsp3) is 0.100. The smallest absolute Gasteiger partial charge is 0.130 e. The molecule has 130 valence electrons. The largest absolute Gasteiger partial charge is 0.497 e. The number of aryl methyl sites for hydroxylation is 1. The van der Waals surface area contributed by atoms with Crippen LogP contribution in [0.3, 0.4) is 0 Å². The summed E-state index contributed by atoms with van der Waals surface area (Å²) >= 11 is 3.49. The number of aromatic nitrogens is 3. The normalized spacial score (nSPS) is 10.9. The van der Waals surface area contributed by atoms with Crippen LogP contribution in [0.25, 0.3) is 22.0 Å². The Morgan fingerprint density at radius 3 is 2.73 bits per heavy atom. The van der Waals surface area contributed by atoms with Crippen molar-refractivity contribution in [2.75, 3.05) is 12.4 Å². The van der Waals surface area contributed by atoms with Crippen LogP contribution in [-0.4, -0.2) is 21.9 Å². The van der Waals surface area contributed by atoms with Crippen molar-refractivity contribution >= 4 is 38.3 Å². The van der Waals surface area contributed by atoms with E-state index >= 15 is 0 Å². The molecule has 0 fully saturated rings. The minimum Gasteiger partial charge on any atom is -0.497 e. The van der Waals surface area contributed by atoms with Gasteiger partial charge in [0, 0.05) is 34.9 Å². The number of benzene rings is 2. The first-order valence-electron chi connectivity index (χ1n) is 8.12. The minimum absolute atomic E-state index is 0.772. The fourth-order valence-corrected chi connectivity index (χ4v) is 3.39. The number of hydrogen-bond donors (Lipinski definition) is 1. The van der Waals surface area contributed by atoms with E-state index < -0.39 is 0 Å². The zero-order chi connectivity index (χ0) is 18.1. The monoisotopic (exact) mass is 408 g/mol. The molecular formula is C20H17BrN4O. The molecule has 6 heteroatoms. The average Bonchev–Trinajstić information content (AvgIpc) is 3.02. The van der Waals surface area contributed by atoms with Gasteiger partial charge >= 0.3 is 0 Å². The number of nitrogens with zero attached hydrogens (tertiary/aromatic N) is 3. The van der Waals surface area contributed by atoms with Crippen molar-refractivity contribution in [1.29, 1.82) is 0 Å². The summed E-state index contributed by atoms with van der Waals surface area (Å²) in [6.07, 6.45) is 3.69. The Morgan fingerprint density at radius 2 is 1.88 bits per heavy atom. The van der Waals surface area contributed by atoms with Crippen LogP contribution in [0.5, 0.6) is 5.75 Å². The number of ether oxygens (including phenoxy) is 1. The second-order valence-electron chi connectivity index (χ2n) is 5.98. The molecule has 0 aliphatic heterocycles. The van der Waals surface area contributed by atoms with Crippen LogP contribution in [0.4, 0.5) is 11.5 Å². The molecule has 0 spiro atoms. The summed E-state index contributed by atoms with van der Waals surface area (Å²) in [5.74, 6) is 1.55. The lowest BCUT2D eigenvalue weighted by Crippen LogP contribution is -1.95. The van der Waals surface area contributed by atoms with Gasteiger partial charge in [0.05, 0.1) is 18.8 Å². The van der Waals surface area contributed by atoms with Crippen LogP contribution in [0.1, 0.15) is 0 Å². The maximum absolute atomic E-state index is 5.31. The van der Waals surface area contributed by atoms with Crippen LogP contribution >= 0.6 is 15.9 Å². The molecule has 0 saturated heterocycles. The summed E-state index contributed by atoms with van der Waals surface area (Å²) in [4.78, 5) is 4.43. The Kier molecular flexibility index (Phi) is 4.34. The molecule has 26 heavy (non-hydrogen) atoms. The van der Waals surface area contributed by atoms with Gasteiger partial charge in [-0.1, -0.05) is 22.0 Å². The third kappa shape index (κ3) is 3.28. The molecule has 0 bridgehead atoms. The first-order chi connectivity index (χ1) is 12.6. The van der Waals surface area contributed by atoms with Gasteiger partial charge in [-0.25, -0.2) is 4.98 Å². The van der Waals surface area contributed by atoms with Gasteiger partial charge in [0.25, 0.3) is 0 Å². The van der Waals surface area contributed by atoms with E-state index in [9.17, 15) is 0 Å². The van der Waals surface area contributed by atoms with Gasteiger partial charge in [-0.15, -0.1) is 0 Å². The molecule has 0 aliphatic carbocycles. The van der Waals surface area contributed by atoms with Crippen molar-refractivity contribution in [3.63, 3.8) is 0 Å². The van der Waals surface area contributed by atoms with E-state index in [2.05, 4.69) is 49.5 Å². The Hall–Kier alpha value is -2.86. The molecule has 4 rings (SSSR count). The first-order valence-corrected chi connectivity index (χ1v) is 8.91. The van der Waals surface area contributed by atoms with Crippen LogP contribution < -0.4 is 10.1 Å². The van der Waals surface area contributed by atoms with Crippen LogP contribution in [-0.2, 0) is 7.05 Å². The van der Waals surface area contributed by atoms with Crippen molar-refractivity contribution < 1.29 is 4.74 Å². The minimum atomic E-state index is 0.772. The molecule has 4 aromatic rings. The lowest BCUT2D eigenvalue weighted by Gasteiger charge is -2.10. The number of nitrogens with one attached hydrogen (secondary N) is 1. The van der Waals surface area contributed by atoms with Crippen molar-refractivity contribution in [1.82, 2.24) is 14.8 Å². The highest BCUT2D eigenvalue weighted by Gasteiger charge is 2.06. The number of anilines is 2. The summed E-state index contributed by atoms with van der Waals surface area (Å²) in [6, 6.07) is 16.2. The van der Waals surface area contributed by atoms with E-state index in [0.29, 0.717) is 0 Å². The maximum atomic E-state index is 5.31. The number of hydrogen-bond acceptors (Lipinski definition) is 4. The quantitative estimate of drug-likeness (QED) is 0.507. The SMILES string of the molecule is COc1cc(Br)cc(Nc2cc(-c3ccc4c(cnn4C)c3)ccn2)c1. The number of fused-ring (bicyclic) bond motifs is 1. The summed E-state index contributed by atoms with van der Waals surface area (Å²) < 4.78 is 8.13. The van der Waals surface area contributed by atoms with Crippen molar-refractivity contribution in [3.05, 3.63) is 65.4 Å². The Balaban J connectivity index is 1.66. The van der Waals surface area contributed by atoms with Gasteiger partial charge in [0.1, 0.15) is 11.6 Å². The van der Waals surface area contributed by atoms with E-state index in [0.717, 1.165) is 43.8 Å². The van der Waals surface area contributed by atoms with Crippen molar-refractivity contribution in [2.24, 2.45) is 7.05 Å². The highest BCUT2D eigenvalue weighted by atomic mass is 79.9. The molecule has 0 radical (unpaired) electrons. The van der Waals surface area contributed by atoms with Gasteiger partial charge in [-0.2, -0.15) is 5.10 Å². The van der Waals surface area contributed by atoms with E-state index in [4.69, 9.17) is 4.74 Å². The summed E-state index contributed by atoms with van der Waals surface area (Å²) in [6.45, 7) is 0. The Labute approximate surface area is 159 Å². The molecule has 1 N–H and O–H groups in total. The predicted octanol–water partition coefficient (Wildman–Crippen LogP) is 5.15. The van der Waals surface area contributed by atoms with Crippen LogP contribution in [0, 0.1) is 0 Å². The highest BCUT2D eigenvalue weighted by molar-refractivity contribution is 9.10. The standard InChI is InChI=1S/C20H17BrN4O/c1-25-19-4-3-13(7-15(19)12-23-25)14-5-6-22-20(8-14)24-17-9-16(21)10-18(11-17)26-2/h3-12H,1-2H3,(H,22,24). The summed E-state index contributed by atoms with van der Waals surface area (Å²) in [5, 5.41) is 8.76. The Morgan fingerprint density at radius 1 is 1.04 bits per heavy atom. The fourth-order valence-electron chi connectivity index (χ4n) is 2.92. The number of rotatable bonds is 4. The van der Waals surface area contributed by atoms with Gasteiger partial charge in [0.15, 0.2) is 0 Å². The van der Waals surface area contributed by atoms with E-state index in [1.165, 1.54) is 0 Å². The third-order valence-electron chi connectivity index (χ3n) is 4.22. The van der Waals surface area contributed by atoms with Gasteiger partial charge in [-0.05, 0) is 47.5 Å². The zero-order valence-electron chi connectivity index (χ0n) is 14.4. The second kappa shape index (κ2) is 6.80. The molecular weight excluding hydrogens is 392 g/mol. The number of halogens is 1. The zero-order valence-corrected chi connectivity index (χ0v) is 16.0. The summed E-state index contributed by atoms with van der Waals surface area (Å²) in [7, 11) is 3.60. The lowest BCUT2D eigenvalue weighted by atomic mass is 10.1. The molecule has 2 heterocycles. The van der Waals surface area contributed by atoms with Crippen LogP contribution in [0.15, 0.2) is 65.4 Å². The van der Waals surface area contributed by atoms with E-state index in [1.807, 2.05) is 48.3 Å². The van der Waals surface area contributed by atoms with Gasteiger partial charge in [0.2, 0.25) is 0 Å². The van der Waals surface area contributed by atoms with Crippen molar-refractivity contribution in [3.8, 4) is 16.9 Å². The summed E-state index contributed by atoms with van der Waals surface area (Å²) in [5.41, 5.74) is 4.24. The molecule has 0 saturated carbocycles. The molecule has 0 amide bonds. The van der Waals surface area contributed by atoms with Gasteiger partial charge in [-0.3, -0.25) is 4.68 Å². The first kappa shape index (κ1) is 16.6. The lowest BCUT2D eigenvalue weighted by molar-refractivity contribution is 0.415. The average molecular weight is 409 g/mol. The molecule has 0 aliphatic rings. The van der Waals surface area contributed by atoms with Crippen molar-refractivity contribution in [2.45, 2.75) is 0 Å². The molecule has 0 unspecified atom stereocenters. The number of pyridine rings is 1. The number of methoxy groups -OCH3 is 1. The molecule has 5 nitrogen and oxygen atoms in total. The molecule has 2 aromatic carbocycles. The Bertz CT molecular complexity index is 1090. The van der Waals surface area contributed by atoms with E-state index in [1.54, 1.807) is 13.3 Å². The predicted molar refractivity (Wildman–Crippen MR) is 108 cm³/mol. The third-order valence-corrected chi connectivity index (χ3v) is 4.68. The topological polar surface area (TPSA) is 52.0 Å². The van der Waals surface area contributed by atoms with Crippen LogP contribution in [0.2, 0.25) is 0 Å². The second-order valence-corrected chi connectivity index (χ2v) is 6.89. The highest BCUT2D eigenvalue weighted by Crippen LogP contribution is 2.29. The molecule has 0 atom stereocenters. The maximum Gasteiger partial charge on any atom is 0.130 e. The molecule has 2 aromatic heterocycles. The van der Waals surface area contributed by atoms with Gasteiger partial charge < -0.3 is 10.1 Å². The van der Waals surface area contributed by atoms with E-state index in [-0.39, 0.29) is 0 Å².